The fourth-order valence-corrected chi connectivity index (χ4v) is 2.57. The molecule has 4 nitrogen and oxygen atoms in total. The van der Waals surface area contributed by atoms with Gasteiger partial charge in [-0.3, -0.25) is 0 Å². The van der Waals surface area contributed by atoms with E-state index < -0.39 is 11.6 Å². The number of amides is 2. The monoisotopic (exact) mass is 344 g/mol. The number of urea groups is 1. The van der Waals surface area contributed by atoms with E-state index in [1.54, 1.807) is 0 Å². The van der Waals surface area contributed by atoms with Crippen molar-refractivity contribution in [3.63, 3.8) is 0 Å². The van der Waals surface area contributed by atoms with Gasteiger partial charge in [-0.1, -0.05) is 24.3 Å². The lowest BCUT2D eigenvalue weighted by Crippen LogP contribution is -2.38. The number of halogens is 2. The van der Waals surface area contributed by atoms with Crippen molar-refractivity contribution >= 4 is 17.0 Å². The number of hydrogen-bond acceptors (Lipinski definition) is 2. The Kier molecular flexibility index (Phi) is 4.97. The summed E-state index contributed by atoms with van der Waals surface area (Å²) in [6, 6.07) is 12.2. The van der Waals surface area contributed by atoms with Crippen LogP contribution in [0.15, 0.2) is 52.9 Å². The Hall–Kier alpha value is -2.89. The first kappa shape index (κ1) is 17.0. The maximum absolute atomic E-state index is 13.5. The SMILES string of the molecule is CC(NC(=O)NCCc1ccc(F)cc1F)c1cc2ccccc2o1. The number of rotatable bonds is 5. The molecule has 25 heavy (non-hydrogen) atoms. The van der Waals surface area contributed by atoms with Crippen LogP contribution in [-0.2, 0) is 6.42 Å². The molecule has 0 aliphatic rings. The van der Waals surface area contributed by atoms with Gasteiger partial charge in [0, 0.05) is 18.0 Å². The highest BCUT2D eigenvalue weighted by molar-refractivity contribution is 5.78. The lowest BCUT2D eigenvalue weighted by atomic mass is 10.1. The van der Waals surface area contributed by atoms with Crippen molar-refractivity contribution in [2.45, 2.75) is 19.4 Å². The summed E-state index contributed by atoms with van der Waals surface area (Å²) in [5, 5.41) is 6.40. The minimum atomic E-state index is -0.619. The molecule has 2 aromatic carbocycles. The second kappa shape index (κ2) is 7.34. The zero-order valence-electron chi connectivity index (χ0n) is 13.7. The molecule has 3 aromatic rings. The first-order valence-corrected chi connectivity index (χ1v) is 7.99. The molecule has 1 atom stereocenters. The molecule has 1 unspecified atom stereocenters. The van der Waals surface area contributed by atoms with E-state index in [0.29, 0.717) is 11.3 Å². The number of furan rings is 1. The van der Waals surface area contributed by atoms with E-state index in [4.69, 9.17) is 4.42 Å². The number of carbonyl (C=O) groups is 1. The fourth-order valence-electron chi connectivity index (χ4n) is 2.57. The highest BCUT2D eigenvalue weighted by Crippen LogP contribution is 2.23. The Morgan fingerprint density at radius 1 is 1.16 bits per heavy atom. The standard InChI is InChI=1S/C19H18F2N2O2/c1-12(18-10-14-4-2-3-5-17(14)25-18)23-19(24)22-9-8-13-6-7-15(20)11-16(13)21/h2-7,10-12H,8-9H2,1H3,(H2,22,23,24). The van der Waals surface area contributed by atoms with Crippen molar-refractivity contribution in [2.75, 3.05) is 6.54 Å². The van der Waals surface area contributed by atoms with E-state index in [2.05, 4.69) is 10.6 Å². The number of hydrogen-bond donors (Lipinski definition) is 2. The summed E-state index contributed by atoms with van der Waals surface area (Å²) in [4.78, 5) is 12.0. The Bertz CT molecular complexity index is 859. The van der Waals surface area contributed by atoms with Crippen molar-refractivity contribution < 1.29 is 18.0 Å². The molecule has 0 radical (unpaired) electrons. The Morgan fingerprint density at radius 2 is 1.96 bits per heavy atom. The van der Waals surface area contributed by atoms with Gasteiger partial charge >= 0.3 is 6.03 Å². The maximum Gasteiger partial charge on any atom is 0.315 e. The molecule has 0 bridgehead atoms. The molecule has 0 aliphatic carbocycles. The van der Waals surface area contributed by atoms with Gasteiger partial charge in [0.1, 0.15) is 23.0 Å². The van der Waals surface area contributed by atoms with Crippen LogP contribution in [0.1, 0.15) is 24.3 Å². The van der Waals surface area contributed by atoms with E-state index in [1.165, 1.54) is 12.1 Å². The van der Waals surface area contributed by atoms with Gasteiger partial charge in [-0.25, -0.2) is 13.6 Å². The van der Waals surface area contributed by atoms with E-state index in [0.717, 1.165) is 17.0 Å². The molecule has 2 amide bonds. The van der Waals surface area contributed by atoms with Gasteiger partial charge in [0.05, 0.1) is 6.04 Å². The zero-order valence-corrected chi connectivity index (χ0v) is 13.7. The van der Waals surface area contributed by atoms with Crippen LogP contribution >= 0.6 is 0 Å². The first-order chi connectivity index (χ1) is 12.0. The van der Waals surface area contributed by atoms with Crippen LogP contribution in [0.25, 0.3) is 11.0 Å². The maximum atomic E-state index is 13.5. The number of fused-ring (bicyclic) bond motifs is 1. The molecular formula is C19H18F2N2O2. The highest BCUT2D eigenvalue weighted by Gasteiger charge is 2.14. The molecule has 1 aromatic heterocycles. The minimum absolute atomic E-state index is 0.237. The van der Waals surface area contributed by atoms with Gasteiger partial charge in [0.25, 0.3) is 0 Å². The van der Waals surface area contributed by atoms with E-state index in [1.807, 2.05) is 37.3 Å². The Balaban J connectivity index is 1.51. The molecule has 130 valence electrons. The van der Waals surface area contributed by atoms with Crippen molar-refractivity contribution in [1.29, 1.82) is 0 Å². The normalized spacial score (nSPS) is 12.1. The summed E-state index contributed by atoms with van der Waals surface area (Å²) >= 11 is 0. The second-order valence-corrected chi connectivity index (χ2v) is 5.79. The summed E-state index contributed by atoms with van der Waals surface area (Å²) in [7, 11) is 0. The first-order valence-electron chi connectivity index (χ1n) is 7.99. The molecule has 1 heterocycles. The van der Waals surface area contributed by atoms with Crippen LogP contribution in [0.5, 0.6) is 0 Å². The van der Waals surface area contributed by atoms with Crippen LogP contribution in [-0.4, -0.2) is 12.6 Å². The van der Waals surface area contributed by atoms with Gasteiger partial charge in [0.15, 0.2) is 0 Å². The van der Waals surface area contributed by atoms with Crippen molar-refractivity contribution in [1.82, 2.24) is 10.6 Å². The summed E-state index contributed by atoms with van der Waals surface area (Å²) in [6.07, 6.45) is 0.276. The molecule has 6 heteroatoms. The Morgan fingerprint density at radius 3 is 2.72 bits per heavy atom. The molecule has 0 fully saturated rings. The van der Waals surface area contributed by atoms with E-state index in [9.17, 15) is 13.6 Å². The average Bonchev–Trinajstić information content (AvgIpc) is 3.01. The van der Waals surface area contributed by atoms with Crippen LogP contribution in [0.2, 0.25) is 0 Å². The third-order valence-corrected chi connectivity index (χ3v) is 3.91. The van der Waals surface area contributed by atoms with Crippen molar-refractivity contribution in [3.8, 4) is 0 Å². The zero-order chi connectivity index (χ0) is 17.8. The number of para-hydroxylation sites is 1. The lowest BCUT2D eigenvalue weighted by Gasteiger charge is -2.12. The smallest absolute Gasteiger partial charge is 0.315 e. The third-order valence-electron chi connectivity index (χ3n) is 3.91. The minimum Gasteiger partial charge on any atom is -0.459 e. The molecule has 3 rings (SSSR count). The molecule has 0 saturated heterocycles. The Labute approximate surface area is 143 Å². The topological polar surface area (TPSA) is 54.3 Å². The van der Waals surface area contributed by atoms with Crippen molar-refractivity contribution in [2.24, 2.45) is 0 Å². The predicted molar refractivity (Wildman–Crippen MR) is 91.2 cm³/mol. The van der Waals surface area contributed by atoms with Gasteiger partial charge in [-0.15, -0.1) is 0 Å². The van der Waals surface area contributed by atoms with E-state index >= 15 is 0 Å². The lowest BCUT2D eigenvalue weighted by molar-refractivity contribution is 0.236. The number of nitrogens with one attached hydrogen (secondary N) is 2. The van der Waals surface area contributed by atoms with E-state index in [-0.39, 0.29) is 25.0 Å². The number of benzene rings is 2. The largest absolute Gasteiger partial charge is 0.459 e. The molecule has 0 spiro atoms. The molecule has 2 N–H and O–H groups in total. The number of carbonyl (C=O) groups excluding carboxylic acids is 1. The average molecular weight is 344 g/mol. The molecule has 0 saturated carbocycles. The second-order valence-electron chi connectivity index (χ2n) is 5.79. The van der Waals surface area contributed by atoms with Gasteiger partial charge in [-0.2, -0.15) is 0 Å². The predicted octanol–water partition coefficient (Wildman–Crippen LogP) is 4.31. The highest BCUT2D eigenvalue weighted by atomic mass is 19.1. The van der Waals surface area contributed by atoms with Gasteiger partial charge < -0.3 is 15.1 Å². The van der Waals surface area contributed by atoms with Crippen LogP contribution < -0.4 is 10.6 Å². The fraction of sp³-hybridized carbons (Fsp3) is 0.211. The summed E-state index contributed by atoms with van der Waals surface area (Å²) in [5.74, 6) is -0.578. The third kappa shape index (κ3) is 4.15. The van der Waals surface area contributed by atoms with Crippen LogP contribution in [0, 0.1) is 11.6 Å². The van der Waals surface area contributed by atoms with Crippen LogP contribution in [0.4, 0.5) is 13.6 Å². The molecular weight excluding hydrogens is 326 g/mol. The van der Waals surface area contributed by atoms with Crippen LogP contribution in [0.3, 0.4) is 0 Å². The van der Waals surface area contributed by atoms with Gasteiger partial charge in [-0.05, 0) is 37.1 Å². The summed E-state index contributed by atoms with van der Waals surface area (Å²) < 4.78 is 32.1. The van der Waals surface area contributed by atoms with Crippen molar-refractivity contribution in [3.05, 3.63) is 71.5 Å². The summed E-state index contributed by atoms with van der Waals surface area (Å²) in [6.45, 7) is 2.05. The molecule has 0 aliphatic heterocycles. The van der Waals surface area contributed by atoms with Gasteiger partial charge in [0.2, 0.25) is 0 Å². The quantitative estimate of drug-likeness (QED) is 0.724. The summed E-state index contributed by atoms with van der Waals surface area (Å²) in [5.41, 5.74) is 1.12.